The van der Waals surface area contributed by atoms with Crippen LogP contribution in [0.5, 0.6) is 0 Å². The van der Waals surface area contributed by atoms with Crippen LogP contribution in [0.2, 0.25) is 0 Å². The van der Waals surface area contributed by atoms with Gasteiger partial charge in [-0.2, -0.15) is 0 Å². The van der Waals surface area contributed by atoms with Crippen LogP contribution in [0.15, 0.2) is 34.7 Å². The Labute approximate surface area is 113 Å². The summed E-state index contributed by atoms with van der Waals surface area (Å²) in [6.45, 7) is 0.456. The highest BCUT2D eigenvalue weighted by molar-refractivity contribution is 9.09. The fourth-order valence-corrected chi connectivity index (χ4v) is 2.03. The zero-order valence-corrected chi connectivity index (χ0v) is 11.6. The Morgan fingerprint density at radius 1 is 1.50 bits per heavy atom. The number of hydrogen-bond donors (Lipinski definition) is 1. The number of ether oxygens (including phenoxy) is 1. The molecule has 0 radical (unpaired) electrons. The van der Waals surface area contributed by atoms with Gasteiger partial charge in [-0.1, -0.05) is 34.1 Å². The summed E-state index contributed by atoms with van der Waals surface area (Å²) in [5.41, 5.74) is 0.713. The molecule has 1 aromatic heterocycles. The molecule has 1 aromatic carbocycles. The molecule has 1 unspecified atom stereocenters. The third-order valence-electron chi connectivity index (χ3n) is 2.54. The number of hydrogen-bond acceptors (Lipinski definition) is 3. The summed E-state index contributed by atoms with van der Waals surface area (Å²) < 4.78 is 10.5. The summed E-state index contributed by atoms with van der Waals surface area (Å²) in [6.07, 6.45) is 0. The molecule has 5 heteroatoms. The van der Waals surface area contributed by atoms with Gasteiger partial charge in [0.2, 0.25) is 0 Å². The van der Waals surface area contributed by atoms with Crippen molar-refractivity contribution in [1.82, 2.24) is 5.32 Å². The Morgan fingerprint density at radius 2 is 2.28 bits per heavy atom. The lowest BCUT2D eigenvalue weighted by Crippen LogP contribution is -2.39. The molecule has 0 saturated carbocycles. The maximum atomic E-state index is 12.0. The van der Waals surface area contributed by atoms with Crippen molar-refractivity contribution in [2.24, 2.45) is 0 Å². The molecule has 2 aromatic rings. The van der Waals surface area contributed by atoms with E-state index >= 15 is 0 Å². The van der Waals surface area contributed by atoms with Gasteiger partial charge in [0.15, 0.2) is 5.76 Å². The number of alkyl halides is 1. The lowest BCUT2D eigenvalue weighted by atomic mass is 10.2. The number of carbonyl (C=O) groups excluding carboxylic acids is 1. The Bertz CT molecular complexity index is 505. The number of furan rings is 1. The molecule has 0 aliphatic heterocycles. The number of para-hydroxylation sites is 1. The lowest BCUT2D eigenvalue weighted by Gasteiger charge is -2.13. The van der Waals surface area contributed by atoms with Gasteiger partial charge in [0, 0.05) is 17.8 Å². The van der Waals surface area contributed by atoms with E-state index in [0.717, 1.165) is 5.39 Å². The number of methoxy groups -OCH3 is 1. The van der Waals surface area contributed by atoms with E-state index < -0.39 is 0 Å². The molecule has 1 N–H and O–H groups in total. The number of benzene rings is 1. The molecule has 0 aliphatic rings. The zero-order valence-electron chi connectivity index (χ0n) is 9.98. The quantitative estimate of drug-likeness (QED) is 0.863. The number of rotatable bonds is 5. The Hall–Kier alpha value is -1.33. The summed E-state index contributed by atoms with van der Waals surface area (Å²) in [6, 6.07) is 9.19. The molecule has 1 heterocycles. The number of amides is 1. The molecule has 0 aliphatic carbocycles. The average Bonchev–Trinajstić information content (AvgIpc) is 2.82. The van der Waals surface area contributed by atoms with Crippen LogP contribution in [-0.4, -0.2) is 31.0 Å². The molecule has 1 amide bonds. The molecule has 4 nitrogen and oxygen atoms in total. The monoisotopic (exact) mass is 311 g/mol. The maximum absolute atomic E-state index is 12.0. The third kappa shape index (κ3) is 2.91. The van der Waals surface area contributed by atoms with Crippen LogP contribution in [0, 0.1) is 0 Å². The van der Waals surface area contributed by atoms with Crippen molar-refractivity contribution in [2.45, 2.75) is 6.04 Å². The minimum Gasteiger partial charge on any atom is -0.451 e. The Balaban J connectivity index is 2.13. The molecular formula is C13H14BrNO3. The molecule has 1 atom stereocenters. The summed E-state index contributed by atoms with van der Waals surface area (Å²) >= 11 is 3.33. The second-order valence-electron chi connectivity index (χ2n) is 3.93. The van der Waals surface area contributed by atoms with Crippen molar-refractivity contribution < 1.29 is 13.9 Å². The first-order valence-electron chi connectivity index (χ1n) is 5.59. The van der Waals surface area contributed by atoms with Gasteiger partial charge in [-0.15, -0.1) is 0 Å². The van der Waals surface area contributed by atoms with E-state index in [1.807, 2.05) is 24.3 Å². The van der Waals surface area contributed by atoms with E-state index in [9.17, 15) is 4.79 Å². The minimum absolute atomic E-state index is 0.0734. The second kappa shape index (κ2) is 6.02. The highest BCUT2D eigenvalue weighted by atomic mass is 79.9. The van der Waals surface area contributed by atoms with Crippen molar-refractivity contribution in [3.63, 3.8) is 0 Å². The molecule has 96 valence electrons. The van der Waals surface area contributed by atoms with Crippen molar-refractivity contribution in [3.05, 3.63) is 36.1 Å². The molecular weight excluding hydrogens is 298 g/mol. The largest absolute Gasteiger partial charge is 0.451 e. The van der Waals surface area contributed by atoms with Gasteiger partial charge in [0.25, 0.3) is 5.91 Å². The molecule has 18 heavy (non-hydrogen) atoms. The predicted molar refractivity (Wildman–Crippen MR) is 73.1 cm³/mol. The van der Waals surface area contributed by atoms with Crippen molar-refractivity contribution in [1.29, 1.82) is 0 Å². The van der Waals surface area contributed by atoms with E-state index in [4.69, 9.17) is 9.15 Å². The topological polar surface area (TPSA) is 51.5 Å². The predicted octanol–water partition coefficient (Wildman–Crippen LogP) is 2.57. The Morgan fingerprint density at radius 3 is 2.94 bits per heavy atom. The van der Waals surface area contributed by atoms with Crippen molar-refractivity contribution >= 4 is 32.8 Å². The number of nitrogens with one attached hydrogen (secondary N) is 1. The SMILES string of the molecule is COCC(CBr)NC(=O)c1cc2ccccc2o1. The third-order valence-corrected chi connectivity index (χ3v) is 3.32. The van der Waals surface area contributed by atoms with Gasteiger partial charge in [-0.25, -0.2) is 0 Å². The summed E-state index contributed by atoms with van der Waals surface area (Å²) in [5, 5.41) is 4.39. The first kappa shape index (κ1) is 13.1. The summed E-state index contributed by atoms with van der Waals surface area (Å²) in [5.74, 6) is 0.0888. The fraction of sp³-hybridized carbons (Fsp3) is 0.308. The van der Waals surface area contributed by atoms with Gasteiger partial charge >= 0.3 is 0 Å². The van der Waals surface area contributed by atoms with E-state index in [2.05, 4.69) is 21.2 Å². The van der Waals surface area contributed by atoms with Crippen LogP contribution < -0.4 is 5.32 Å². The van der Waals surface area contributed by atoms with Gasteiger partial charge < -0.3 is 14.5 Å². The van der Waals surface area contributed by atoms with Crippen LogP contribution in [0.4, 0.5) is 0 Å². The lowest BCUT2D eigenvalue weighted by molar-refractivity contribution is 0.0882. The van der Waals surface area contributed by atoms with Crippen LogP contribution in [0.25, 0.3) is 11.0 Å². The van der Waals surface area contributed by atoms with E-state index in [-0.39, 0.29) is 11.9 Å². The van der Waals surface area contributed by atoms with Crippen molar-refractivity contribution in [3.8, 4) is 0 Å². The normalized spacial score (nSPS) is 12.6. The molecule has 0 saturated heterocycles. The highest BCUT2D eigenvalue weighted by Gasteiger charge is 2.16. The standard InChI is InChI=1S/C13H14BrNO3/c1-17-8-10(7-14)15-13(16)12-6-9-4-2-3-5-11(9)18-12/h2-6,10H,7-8H2,1H3,(H,15,16). The zero-order chi connectivity index (χ0) is 13.0. The number of carbonyl (C=O) groups is 1. The van der Waals surface area contributed by atoms with E-state index in [1.165, 1.54) is 0 Å². The fourth-order valence-electron chi connectivity index (χ4n) is 1.68. The number of fused-ring (bicyclic) bond motifs is 1. The molecule has 0 fully saturated rings. The molecule has 0 bridgehead atoms. The van der Waals surface area contributed by atoms with Gasteiger partial charge in [0.1, 0.15) is 5.58 Å². The summed E-state index contributed by atoms with van der Waals surface area (Å²) in [7, 11) is 1.60. The highest BCUT2D eigenvalue weighted by Crippen LogP contribution is 2.18. The second-order valence-corrected chi connectivity index (χ2v) is 4.58. The maximum Gasteiger partial charge on any atom is 0.287 e. The average molecular weight is 312 g/mol. The summed E-state index contributed by atoms with van der Waals surface area (Å²) in [4.78, 5) is 12.0. The van der Waals surface area contributed by atoms with Gasteiger partial charge in [-0.3, -0.25) is 4.79 Å². The van der Waals surface area contributed by atoms with E-state index in [0.29, 0.717) is 23.3 Å². The molecule has 2 rings (SSSR count). The van der Waals surface area contributed by atoms with Crippen LogP contribution >= 0.6 is 15.9 Å². The van der Waals surface area contributed by atoms with Crippen LogP contribution in [0.3, 0.4) is 0 Å². The minimum atomic E-state index is -0.229. The van der Waals surface area contributed by atoms with Crippen LogP contribution in [-0.2, 0) is 4.74 Å². The van der Waals surface area contributed by atoms with Crippen molar-refractivity contribution in [2.75, 3.05) is 19.0 Å². The Kier molecular flexibility index (Phi) is 4.38. The smallest absolute Gasteiger partial charge is 0.287 e. The first-order chi connectivity index (χ1) is 8.74. The van der Waals surface area contributed by atoms with Gasteiger partial charge in [0.05, 0.1) is 12.6 Å². The van der Waals surface area contributed by atoms with Crippen LogP contribution in [0.1, 0.15) is 10.6 Å². The first-order valence-corrected chi connectivity index (χ1v) is 6.71. The molecule has 0 spiro atoms. The van der Waals surface area contributed by atoms with E-state index in [1.54, 1.807) is 13.2 Å². The van der Waals surface area contributed by atoms with Gasteiger partial charge in [-0.05, 0) is 12.1 Å². The number of halogens is 1.